The molecule has 2 heterocycles. The second kappa shape index (κ2) is 4.55. The summed E-state index contributed by atoms with van der Waals surface area (Å²) < 4.78 is 1.60. The Bertz CT molecular complexity index is 564. The summed E-state index contributed by atoms with van der Waals surface area (Å²) in [7, 11) is 1.76. The Hall–Kier alpha value is -1.88. The van der Waals surface area contributed by atoms with E-state index in [1.165, 1.54) is 12.3 Å². The van der Waals surface area contributed by atoms with E-state index in [9.17, 15) is 4.79 Å². The van der Waals surface area contributed by atoms with Gasteiger partial charge in [0, 0.05) is 24.3 Å². The van der Waals surface area contributed by atoms with Gasteiger partial charge < -0.3 is 5.32 Å². The van der Waals surface area contributed by atoms with Crippen molar-refractivity contribution in [2.24, 2.45) is 7.05 Å². The van der Waals surface area contributed by atoms with Gasteiger partial charge >= 0.3 is 0 Å². The number of nitrogens with zero attached hydrogens (tertiary/aromatic N) is 3. The van der Waals surface area contributed by atoms with Crippen molar-refractivity contribution in [3.8, 4) is 0 Å². The highest BCUT2D eigenvalue weighted by Gasteiger charge is 2.10. The van der Waals surface area contributed by atoms with E-state index >= 15 is 0 Å². The average molecular weight is 251 g/mol. The highest BCUT2D eigenvalue weighted by Crippen LogP contribution is 2.12. The second-order valence-corrected chi connectivity index (χ2v) is 4.04. The second-order valence-electron chi connectivity index (χ2n) is 3.61. The van der Waals surface area contributed by atoms with Crippen LogP contribution in [0.2, 0.25) is 5.02 Å². The minimum absolute atomic E-state index is 0.274. The molecule has 0 aromatic carbocycles. The fourth-order valence-electron chi connectivity index (χ4n) is 1.44. The highest BCUT2D eigenvalue weighted by atomic mass is 35.5. The van der Waals surface area contributed by atoms with E-state index in [2.05, 4.69) is 15.4 Å². The lowest BCUT2D eigenvalue weighted by Gasteiger charge is -2.04. The summed E-state index contributed by atoms with van der Waals surface area (Å²) in [5.74, 6) is 0.310. The molecule has 2 rings (SSSR count). The maximum absolute atomic E-state index is 11.9. The Labute approximate surface area is 103 Å². The molecule has 6 heteroatoms. The first-order chi connectivity index (χ1) is 8.06. The molecule has 0 aliphatic heterocycles. The van der Waals surface area contributed by atoms with Crippen molar-refractivity contribution < 1.29 is 4.79 Å². The van der Waals surface area contributed by atoms with Gasteiger partial charge in [-0.25, -0.2) is 0 Å². The lowest BCUT2D eigenvalue weighted by molar-refractivity contribution is 0.102. The molecule has 2 aromatic heterocycles. The van der Waals surface area contributed by atoms with Gasteiger partial charge in [0.2, 0.25) is 0 Å². The summed E-state index contributed by atoms with van der Waals surface area (Å²) in [6.45, 7) is 1.85. The monoisotopic (exact) mass is 250 g/mol. The molecule has 0 saturated carbocycles. The van der Waals surface area contributed by atoms with E-state index < -0.39 is 0 Å². The topological polar surface area (TPSA) is 59.8 Å². The number of carbonyl (C=O) groups is 1. The van der Waals surface area contributed by atoms with E-state index in [1.54, 1.807) is 23.9 Å². The number of hydrogen-bond acceptors (Lipinski definition) is 3. The lowest BCUT2D eigenvalue weighted by Crippen LogP contribution is -2.15. The van der Waals surface area contributed by atoms with Crippen LogP contribution in [0.4, 0.5) is 5.82 Å². The lowest BCUT2D eigenvalue weighted by atomic mass is 10.3. The molecule has 17 heavy (non-hydrogen) atoms. The quantitative estimate of drug-likeness (QED) is 0.887. The number of anilines is 1. The van der Waals surface area contributed by atoms with Crippen LogP contribution >= 0.6 is 11.6 Å². The first-order valence-electron chi connectivity index (χ1n) is 5.00. The normalized spacial score (nSPS) is 10.3. The van der Waals surface area contributed by atoms with E-state index in [4.69, 9.17) is 11.6 Å². The van der Waals surface area contributed by atoms with Crippen molar-refractivity contribution in [1.82, 2.24) is 14.8 Å². The fourth-order valence-corrected chi connectivity index (χ4v) is 1.60. The standard InChI is InChI=1S/C11H11ClN4O/c1-7-5-10(16(2)15-7)14-11(17)9-6-8(12)3-4-13-9/h3-6H,1-2H3,(H,14,17). The Morgan fingerprint density at radius 2 is 2.24 bits per heavy atom. The number of pyridine rings is 1. The van der Waals surface area contributed by atoms with Crippen LogP contribution in [0.1, 0.15) is 16.2 Å². The molecule has 0 spiro atoms. The number of rotatable bonds is 2. The van der Waals surface area contributed by atoms with Gasteiger partial charge in [0.25, 0.3) is 5.91 Å². The minimum atomic E-state index is -0.310. The first kappa shape index (κ1) is 11.6. The molecule has 1 amide bonds. The maximum atomic E-state index is 11.9. The van der Waals surface area contributed by atoms with E-state index in [1.807, 2.05) is 6.92 Å². The number of carbonyl (C=O) groups excluding carboxylic acids is 1. The summed E-state index contributed by atoms with van der Waals surface area (Å²) in [5.41, 5.74) is 1.11. The van der Waals surface area contributed by atoms with Crippen LogP contribution in [0, 0.1) is 6.92 Å². The largest absolute Gasteiger partial charge is 0.305 e. The van der Waals surface area contributed by atoms with Crippen molar-refractivity contribution in [2.45, 2.75) is 6.92 Å². The molecule has 0 saturated heterocycles. The van der Waals surface area contributed by atoms with Gasteiger partial charge in [0.15, 0.2) is 0 Å². The third-order valence-corrected chi connectivity index (χ3v) is 2.43. The fraction of sp³-hybridized carbons (Fsp3) is 0.182. The van der Waals surface area contributed by atoms with Gasteiger partial charge in [-0.3, -0.25) is 14.5 Å². The molecular weight excluding hydrogens is 240 g/mol. The molecular formula is C11H11ClN4O. The molecule has 0 unspecified atom stereocenters. The Morgan fingerprint density at radius 1 is 1.47 bits per heavy atom. The van der Waals surface area contributed by atoms with Gasteiger partial charge in [0.05, 0.1) is 5.69 Å². The average Bonchev–Trinajstić information content (AvgIpc) is 2.57. The van der Waals surface area contributed by atoms with Crippen LogP contribution in [-0.4, -0.2) is 20.7 Å². The highest BCUT2D eigenvalue weighted by molar-refractivity contribution is 6.30. The van der Waals surface area contributed by atoms with Crippen molar-refractivity contribution in [2.75, 3.05) is 5.32 Å². The molecule has 0 radical (unpaired) electrons. The summed E-state index contributed by atoms with van der Waals surface area (Å²) in [6.07, 6.45) is 1.49. The molecule has 1 N–H and O–H groups in total. The first-order valence-corrected chi connectivity index (χ1v) is 5.37. The molecule has 5 nitrogen and oxygen atoms in total. The maximum Gasteiger partial charge on any atom is 0.275 e. The predicted molar refractivity (Wildman–Crippen MR) is 65.1 cm³/mol. The van der Waals surface area contributed by atoms with Crippen molar-refractivity contribution >= 4 is 23.3 Å². The summed E-state index contributed by atoms with van der Waals surface area (Å²) >= 11 is 5.79. The summed E-state index contributed by atoms with van der Waals surface area (Å²) in [4.78, 5) is 15.8. The molecule has 0 bridgehead atoms. The minimum Gasteiger partial charge on any atom is -0.305 e. The number of aromatic nitrogens is 3. The van der Waals surface area contributed by atoms with E-state index in [-0.39, 0.29) is 11.6 Å². The molecule has 0 aliphatic rings. The van der Waals surface area contributed by atoms with Gasteiger partial charge in [-0.2, -0.15) is 5.10 Å². The van der Waals surface area contributed by atoms with Crippen LogP contribution in [0.15, 0.2) is 24.4 Å². The molecule has 2 aromatic rings. The number of halogens is 1. The number of aryl methyl sites for hydroxylation is 2. The summed E-state index contributed by atoms with van der Waals surface area (Å²) in [6, 6.07) is 4.91. The number of nitrogens with one attached hydrogen (secondary N) is 1. The van der Waals surface area contributed by atoms with Crippen LogP contribution in [0.5, 0.6) is 0 Å². The van der Waals surface area contributed by atoms with E-state index in [0.29, 0.717) is 10.8 Å². The zero-order valence-corrected chi connectivity index (χ0v) is 10.2. The Kier molecular flexibility index (Phi) is 3.10. The van der Waals surface area contributed by atoms with Gasteiger partial charge in [-0.15, -0.1) is 0 Å². The van der Waals surface area contributed by atoms with Crippen molar-refractivity contribution in [3.63, 3.8) is 0 Å². The van der Waals surface area contributed by atoms with Crippen molar-refractivity contribution in [3.05, 3.63) is 40.8 Å². The van der Waals surface area contributed by atoms with Crippen LogP contribution in [0.25, 0.3) is 0 Å². The Morgan fingerprint density at radius 3 is 2.82 bits per heavy atom. The third kappa shape index (κ3) is 2.62. The molecule has 0 aliphatic carbocycles. The van der Waals surface area contributed by atoms with Crippen LogP contribution in [-0.2, 0) is 7.05 Å². The SMILES string of the molecule is Cc1cc(NC(=O)c2cc(Cl)ccn2)n(C)n1. The van der Waals surface area contributed by atoms with E-state index in [0.717, 1.165) is 5.69 Å². The molecule has 88 valence electrons. The third-order valence-electron chi connectivity index (χ3n) is 2.20. The van der Waals surface area contributed by atoms with Crippen molar-refractivity contribution in [1.29, 1.82) is 0 Å². The van der Waals surface area contributed by atoms with Gasteiger partial charge in [-0.05, 0) is 19.1 Å². The Balaban J connectivity index is 2.20. The summed E-state index contributed by atoms with van der Waals surface area (Å²) in [5, 5.41) is 7.32. The van der Waals surface area contributed by atoms with Gasteiger partial charge in [-0.1, -0.05) is 11.6 Å². The molecule has 0 fully saturated rings. The number of hydrogen-bond donors (Lipinski definition) is 1. The molecule has 0 atom stereocenters. The van der Waals surface area contributed by atoms with Gasteiger partial charge in [0.1, 0.15) is 11.5 Å². The smallest absolute Gasteiger partial charge is 0.275 e. The van der Waals surface area contributed by atoms with Crippen LogP contribution < -0.4 is 5.32 Å². The zero-order valence-electron chi connectivity index (χ0n) is 9.44. The number of amides is 1. The predicted octanol–water partition coefficient (Wildman–Crippen LogP) is 2.03. The van der Waals surface area contributed by atoms with Crippen LogP contribution in [0.3, 0.4) is 0 Å². The zero-order chi connectivity index (χ0) is 12.4.